The topological polar surface area (TPSA) is 64.1 Å². The smallest absolute Gasteiger partial charge is 0.203 e. The molecule has 0 aromatic heterocycles. The number of nitrogens with one attached hydrogen (secondary N) is 2. The highest BCUT2D eigenvalue weighted by molar-refractivity contribution is 14.0. The maximum Gasteiger partial charge on any atom is 0.203 e. The molecule has 0 saturated carbocycles. The van der Waals surface area contributed by atoms with Crippen molar-refractivity contribution in [1.82, 2.24) is 10.6 Å². The molecular formula is C17H30IN3O3. The van der Waals surface area contributed by atoms with Crippen LogP contribution in [-0.4, -0.2) is 39.4 Å². The Balaban J connectivity index is 0.00000529. The van der Waals surface area contributed by atoms with Gasteiger partial charge in [-0.25, -0.2) is 4.99 Å². The number of hydrogen-bond acceptors (Lipinski definition) is 4. The normalized spacial score (nSPS) is 10.9. The minimum absolute atomic E-state index is 0. The lowest BCUT2D eigenvalue weighted by Crippen LogP contribution is -2.40. The number of ether oxygens (including phenoxy) is 3. The molecule has 0 saturated heterocycles. The van der Waals surface area contributed by atoms with Crippen LogP contribution >= 0.6 is 24.0 Å². The van der Waals surface area contributed by atoms with Gasteiger partial charge in [0.1, 0.15) is 0 Å². The summed E-state index contributed by atoms with van der Waals surface area (Å²) in [6.07, 6.45) is 0. The predicted molar refractivity (Wildman–Crippen MR) is 109 cm³/mol. The van der Waals surface area contributed by atoms with Gasteiger partial charge >= 0.3 is 0 Å². The molecule has 0 aliphatic carbocycles. The Morgan fingerprint density at radius 3 is 2.12 bits per heavy atom. The number of rotatable bonds is 8. The molecule has 0 spiro atoms. The van der Waals surface area contributed by atoms with Crippen LogP contribution in [0, 0.1) is 0 Å². The molecule has 1 aromatic rings. The van der Waals surface area contributed by atoms with Crippen molar-refractivity contribution in [2.24, 2.45) is 4.99 Å². The maximum atomic E-state index is 5.61. The van der Waals surface area contributed by atoms with Crippen molar-refractivity contribution in [3.63, 3.8) is 0 Å². The van der Waals surface area contributed by atoms with Gasteiger partial charge in [0.2, 0.25) is 5.75 Å². The van der Waals surface area contributed by atoms with Gasteiger partial charge in [-0.3, -0.25) is 0 Å². The second kappa shape index (κ2) is 12.0. The number of nitrogens with zero attached hydrogens (tertiary/aromatic N) is 1. The molecule has 0 radical (unpaired) electrons. The molecule has 0 aliphatic rings. The van der Waals surface area contributed by atoms with Crippen molar-refractivity contribution in [1.29, 1.82) is 0 Å². The van der Waals surface area contributed by atoms with Gasteiger partial charge in [0.25, 0.3) is 0 Å². The lowest BCUT2D eigenvalue weighted by molar-refractivity contribution is 0.288. The summed E-state index contributed by atoms with van der Waals surface area (Å²) >= 11 is 0. The SMILES string of the molecule is CCNC(=NCc1cc(OC)c(OCC)c(OC)c1)NC(C)C.I. The molecule has 0 aliphatic heterocycles. The third-order valence-electron chi connectivity index (χ3n) is 3.00. The van der Waals surface area contributed by atoms with E-state index in [4.69, 9.17) is 14.2 Å². The molecule has 0 fully saturated rings. The van der Waals surface area contributed by atoms with Crippen molar-refractivity contribution in [2.45, 2.75) is 40.3 Å². The van der Waals surface area contributed by atoms with Gasteiger partial charge in [-0.2, -0.15) is 0 Å². The number of halogens is 1. The van der Waals surface area contributed by atoms with E-state index in [1.807, 2.05) is 26.0 Å². The van der Waals surface area contributed by atoms with Gasteiger partial charge in [-0.15, -0.1) is 24.0 Å². The average molecular weight is 451 g/mol. The van der Waals surface area contributed by atoms with Gasteiger partial charge in [0, 0.05) is 12.6 Å². The van der Waals surface area contributed by atoms with Gasteiger partial charge < -0.3 is 24.8 Å². The second-order valence-corrected chi connectivity index (χ2v) is 5.26. The molecule has 24 heavy (non-hydrogen) atoms. The molecule has 0 unspecified atom stereocenters. The lowest BCUT2D eigenvalue weighted by Gasteiger charge is -2.16. The Morgan fingerprint density at radius 1 is 1.12 bits per heavy atom. The summed E-state index contributed by atoms with van der Waals surface area (Å²) in [6.45, 7) is 10.0. The minimum atomic E-state index is 0. The zero-order valence-electron chi connectivity index (χ0n) is 15.4. The second-order valence-electron chi connectivity index (χ2n) is 5.26. The van der Waals surface area contributed by atoms with E-state index < -0.39 is 0 Å². The fourth-order valence-electron chi connectivity index (χ4n) is 2.08. The molecule has 1 aromatic carbocycles. The van der Waals surface area contributed by atoms with Crippen LogP contribution in [0.5, 0.6) is 17.2 Å². The Bertz CT molecular complexity index is 497. The summed E-state index contributed by atoms with van der Waals surface area (Å²) < 4.78 is 16.4. The molecule has 2 N–H and O–H groups in total. The first kappa shape index (κ1) is 22.6. The summed E-state index contributed by atoms with van der Waals surface area (Å²) in [5.74, 6) is 2.71. The first-order valence-electron chi connectivity index (χ1n) is 7.98. The van der Waals surface area contributed by atoms with E-state index in [1.165, 1.54) is 0 Å². The Hall–Kier alpha value is -1.38. The van der Waals surface area contributed by atoms with Crippen LogP contribution in [-0.2, 0) is 6.54 Å². The van der Waals surface area contributed by atoms with Gasteiger partial charge in [-0.1, -0.05) is 0 Å². The van der Waals surface area contributed by atoms with Crippen LogP contribution in [0.4, 0.5) is 0 Å². The van der Waals surface area contributed by atoms with Gasteiger partial charge in [-0.05, 0) is 45.4 Å². The zero-order valence-corrected chi connectivity index (χ0v) is 17.8. The number of guanidine groups is 1. The van der Waals surface area contributed by atoms with Crippen LogP contribution < -0.4 is 24.8 Å². The predicted octanol–water partition coefficient (Wildman–Crippen LogP) is 3.18. The first-order valence-corrected chi connectivity index (χ1v) is 7.98. The monoisotopic (exact) mass is 451 g/mol. The Kier molecular flexibility index (Phi) is 11.4. The lowest BCUT2D eigenvalue weighted by atomic mass is 10.2. The van der Waals surface area contributed by atoms with Crippen LogP contribution in [0.15, 0.2) is 17.1 Å². The van der Waals surface area contributed by atoms with E-state index in [1.54, 1.807) is 14.2 Å². The van der Waals surface area contributed by atoms with E-state index in [9.17, 15) is 0 Å². The van der Waals surface area contributed by atoms with Crippen molar-refractivity contribution < 1.29 is 14.2 Å². The molecule has 0 bridgehead atoms. The molecular weight excluding hydrogens is 421 g/mol. The molecule has 6 nitrogen and oxygen atoms in total. The summed E-state index contributed by atoms with van der Waals surface area (Å²) in [6, 6.07) is 4.17. The molecule has 138 valence electrons. The summed E-state index contributed by atoms with van der Waals surface area (Å²) in [5.41, 5.74) is 0.989. The van der Waals surface area contributed by atoms with Gasteiger partial charge in [0.15, 0.2) is 17.5 Å². The highest BCUT2D eigenvalue weighted by atomic mass is 127. The fourth-order valence-corrected chi connectivity index (χ4v) is 2.08. The van der Waals surface area contributed by atoms with Gasteiger partial charge in [0.05, 0.1) is 27.4 Å². The van der Waals surface area contributed by atoms with Crippen molar-refractivity contribution in [3.05, 3.63) is 17.7 Å². The number of aliphatic imine (C=N–C) groups is 1. The average Bonchev–Trinajstić information content (AvgIpc) is 2.53. The zero-order chi connectivity index (χ0) is 17.2. The quantitative estimate of drug-likeness (QED) is 0.361. The Labute approximate surface area is 162 Å². The summed E-state index contributed by atoms with van der Waals surface area (Å²) in [7, 11) is 3.24. The number of hydrogen-bond donors (Lipinski definition) is 2. The van der Waals surface area contributed by atoms with Crippen molar-refractivity contribution in [2.75, 3.05) is 27.4 Å². The third kappa shape index (κ3) is 7.02. The standard InChI is InChI=1S/C17H29N3O3.HI/c1-7-18-17(20-12(3)4)19-11-13-9-14(21-5)16(23-8-2)15(10-13)22-6;/h9-10,12H,7-8,11H2,1-6H3,(H2,18,19,20);1H. The van der Waals surface area contributed by atoms with E-state index in [0.717, 1.165) is 18.1 Å². The van der Waals surface area contributed by atoms with E-state index in [2.05, 4.69) is 29.5 Å². The van der Waals surface area contributed by atoms with Crippen LogP contribution in [0.1, 0.15) is 33.3 Å². The molecule has 0 heterocycles. The molecule has 0 atom stereocenters. The first-order chi connectivity index (χ1) is 11.0. The number of methoxy groups -OCH3 is 2. The maximum absolute atomic E-state index is 5.61. The highest BCUT2D eigenvalue weighted by Gasteiger charge is 2.13. The van der Waals surface area contributed by atoms with Crippen LogP contribution in [0.25, 0.3) is 0 Å². The van der Waals surface area contributed by atoms with Crippen LogP contribution in [0.3, 0.4) is 0 Å². The molecule has 7 heteroatoms. The minimum Gasteiger partial charge on any atom is -0.493 e. The molecule has 0 amide bonds. The highest BCUT2D eigenvalue weighted by Crippen LogP contribution is 2.38. The fraction of sp³-hybridized carbons (Fsp3) is 0.588. The molecule has 1 rings (SSSR count). The third-order valence-corrected chi connectivity index (χ3v) is 3.00. The van der Waals surface area contributed by atoms with E-state index in [0.29, 0.717) is 36.4 Å². The summed E-state index contributed by atoms with van der Waals surface area (Å²) in [4.78, 5) is 4.59. The van der Waals surface area contributed by atoms with E-state index >= 15 is 0 Å². The van der Waals surface area contributed by atoms with E-state index in [-0.39, 0.29) is 24.0 Å². The largest absolute Gasteiger partial charge is 0.493 e. The van der Waals surface area contributed by atoms with Crippen molar-refractivity contribution in [3.8, 4) is 17.2 Å². The van der Waals surface area contributed by atoms with Crippen LogP contribution in [0.2, 0.25) is 0 Å². The number of benzene rings is 1. The summed E-state index contributed by atoms with van der Waals surface area (Å²) in [5, 5.41) is 6.52. The Morgan fingerprint density at radius 2 is 1.71 bits per heavy atom. The van der Waals surface area contributed by atoms with Crippen molar-refractivity contribution >= 4 is 29.9 Å².